The molecule has 21 heavy (non-hydrogen) atoms. The molecule has 0 N–H and O–H groups in total. The standard InChI is InChI=1S/C17H10N2O2/c20-16-14-8-9-18-10-15(14)21-17(19-16)13-7-3-5-11-4-1-2-6-12(11)13/h1-10H. The lowest BCUT2D eigenvalue weighted by atomic mass is 10.0. The molecule has 4 heteroatoms. The first-order valence-corrected chi connectivity index (χ1v) is 6.56. The van der Waals surface area contributed by atoms with Crippen molar-refractivity contribution in [3.05, 3.63) is 71.3 Å². The molecule has 4 rings (SSSR count). The maximum Gasteiger partial charge on any atom is 0.284 e. The van der Waals surface area contributed by atoms with Crippen molar-refractivity contribution in [3.8, 4) is 11.5 Å². The molecule has 0 amide bonds. The summed E-state index contributed by atoms with van der Waals surface area (Å²) in [4.78, 5) is 20.2. The molecular formula is C17H10N2O2. The Labute approximate surface area is 119 Å². The topological polar surface area (TPSA) is 56.0 Å². The number of fused-ring (bicyclic) bond motifs is 2. The van der Waals surface area contributed by atoms with E-state index in [1.807, 2.05) is 42.5 Å². The molecule has 4 nitrogen and oxygen atoms in total. The molecule has 0 aliphatic heterocycles. The van der Waals surface area contributed by atoms with E-state index in [1.165, 1.54) is 6.20 Å². The average molecular weight is 274 g/mol. The van der Waals surface area contributed by atoms with Crippen LogP contribution in [0.3, 0.4) is 0 Å². The zero-order chi connectivity index (χ0) is 14.2. The highest BCUT2D eigenvalue weighted by molar-refractivity contribution is 5.95. The summed E-state index contributed by atoms with van der Waals surface area (Å²) in [6.45, 7) is 0. The summed E-state index contributed by atoms with van der Waals surface area (Å²) in [5.74, 6) is 0.317. The first-order chi connectivity index (χ1) is 10.3. The second-order valence-corrected chi connectivity index (χ2v) is 4.72. The fourth-order valence-electron chi connectivity index (χ4n) is 2.44. The van der Waals surface area contributed by atoms with Crippen LogP contribution in [0.15, 0.2) is 70.1 Å². The molecule has 100 valence electrons. The molecule has 0 unspecified atom stereocenters. The first-order valence-electron chi connectivity index (χ1n) is 6.56. The van der Waals surface area contributed by atoms with Crippen LogP contribution in [0.25, 0.3) is 33.2 Å². The van der Waals surface area contributed by atoms with E-state index in [4.69, 9.17) is 4.42 Å². The van der Waals surface area contributed by atoms with Crippen molar-refractivity contribution < 1.29 is 4.42 Å². The molecule has 0 bridgehead atoms. The van der Waals surface area contributed by atoms with Crippen molar-refractivity contribution in [3.63, 3.8) is 0 Å². The first kappa shape index (κ1) is 11.8. The van der Waals surface area contributed by atoms with E-state index in [1.54, 1.807) is 12.3 Å². The van der Waals surface area contributed by atoms with Gasteiger partial charge in [-0.2, -0.15) is 4.98 Å². The van der Waals surface area contributed by atoms with Gasteiger partial charge in [0.2, 0.25) is 5.89 Å². The van der Waals surface area contributed by atoms with Gasteiger partial charge in [-0.15, -0.1) is 0 Å². The Kier molecular flexibility index (Phi) is 2.54. The van der Waals surface area contributed by atoms with Crippen molar-refractivity contribution in [2.45, 2.75) is 0 Å². The SMILES string of the molecule is O=c1nc(-c2cccc3ccccc23)oc2cnccc12. The zero-order valence-electron chi connectivity index (χ0n) is 11.0. The molecule has 0 saturated heterocycles. The third-order valence-corrected chi connectivity index (χ3v) is 3.44. The summed E-state index contributed by atoms with van der Waals surface area (Å²) in [6.07, 6.45) is 3.09. The predicted octanol–water partition coefficient (Wildman–Crippen LogP) is 3.40. The van der Waals surface area contributed by atoms with Crippen LogP contribution < -0.4 is 5.56 Å². The van der Waals surface area contributed by atoms with Crippen LogP contribution in [0.1, 0.15) is 0 Å². The number of pyridine rings is 1. The minimum atomic E-state index is -0.304. The van der Waals surface area contributed by atoms with Crippen molar-refractivity contribution >= 4 is 21.7 Å². The molecule has 0 fully saturated rings. The van der Waals surface area contributed by atoms with Crippen molar-refractivity contribution in [2.75, 3.05) is 0 Å². The Morgan fingerprint density at radius 2 is 1.76 bits per heavy atom. The Hall–Kier alpha value is -3.01. The second kappa shape index (κ2) is 4.52. The third kappa shape index (κ3) is 1.89. The van der Waals surface area contributed by atoms with Gasteiger partial charge in [0.25, 0.3) is 5.56 Å². The molecule has 2 heterocycles. The van der Waals surface area contributed by atoms with Gasteiger partial charge in [0.15, 0.2) is 5.58 Å². The number of nitrogens with zero attached hydrogens (tertiary/aromatic N) is 2. The lowest BCUT2D eigenvalue weighted by Crippen LogP contribution is -2.07. The summed E-state index contributed by atoms with van der Waals surface area (Å²) in [7, 11) is 0. The summed E-state index contributed by atoms with van der Waals surface area (Å²) in [6, 6.07) is 15.4. The van der Waals surface area contributed by atoms with Gasteiger partial charge in [-0.05, 0) is 22.9 Å². The molecule has 4 aromatic rings. The summed E-state index contributed by atoms with van der Waals surface area (Å²) in [5, 5.41) is 2.51. The minimum absolute atomic E-state index is 0.304. The number of aromatic nitrogens is 2. The van der Waals surface area contributed by atoms with E-state index in [2.05, 4.69) is 9.97 Å². The van der Waals surface area contributed by atoms with Gasteiger partial charge >= 0.3 is 0 Å². The Morgan fingerprint density at radius 1 is 0.905 bits per heavy atom. The molecule has 0 aliphatic carbocycles. The quantitative estimate of drug-likeness (QED) is 0.534. The van der Waals surface area contributed by atoms with E-state index in [0.717, 1.165) is 16.3 Å². The summed E-state index contributed by atoms with van der Waals surface area (Å²) < 4.78 is 5.76. The number of rotatable bonds is 1. The van der Waals surface area contributed by atoms with E-state index in [9.17, 15) is 4.79 Å². The van der Waals surface area contributed by atoms with Gasteiger partial charge in [0.05, 0.1) is 11.6 Å². The molecule has 2 aromatic carbocycles. The fourth-order valence-corrected chi connectivity index (χ4v) is 2.44. The number of hydrogen-bond donors (Lipinski definition) is 0. The molecule has 0 radical (unpaired) electrons. The van der Waals surface area contributed by atoms with Gasteiger partial charge in [-0.25, -0.2) is 0 Å². The highest BCUT2D eigenvalue weighted by Gasteiger charge is 2.11. The van der Waals surface area contributed by atoms with Gasteiger partial charge in [-0.1, -0.05) is 36.4 Å². The van der Waals surface area contributed by atoms with Crippen molar-refractivity contribution in [1.29, 1.82) is 0 Å². The van der Waals surface area contributed by atoms with Crippen LogP contribution >= 0.6 is 0 Å². The molecule has 0 saturated carbocycles. The monoisotopic (exact) mass is 274 g/mol. The van der Waals surface area contributed by atoms with E-state index in [0.29, 0.717) is 16.9 Å². The molecule has 0 spiro atoms. The number of hydrogen-bond acceptors (Lipinski definition) is 4. The van der Waals surface area contributed by atoms with E-state index in [-0.39, 0.29) is 5.56 Å². The average Bonchev–Trinajstić information content (AvgIpc) is 2.54. The van der Waals surface area contributed by atoms with Gasteiger partial charge in [0.1, 0.15) is 0 Å². The zero-order valence-corrected chi connectivity index (χ0v) is 11.0. The van der Waals surface area contributed by atoms with Crippen LogP contribution in [-0.4, -0.2) is 9.97 Å². The van der Waals surface area contributed by atoms with Crippen LogP contribution in [0.2, 0.25) is 0 Å². The van der Waals surface area contributed by atoms with Crippen LogP contribution in [0.5, 0.6) is 0 Å². The largest absolute Gasteiger partial charge is 0.436 e. The lowest BCUT2D eigenvalue weighted by molar-refractivity contribution is 0.594. The Morgan fingerprint density at radius 3 is 2.71 bits per heavy atom. The summed E-state index contributed by atoms with van der Waals surface area (Å²) >= 11 is 0. The third-order valence-electron chi connectivity index (χ3n) is 3.44. The Bertz CT molecular complexity index is 1020. The van der Waals surface area contributed by atoms with Gasteiger partial charge in [0, 0.05) is 11.8 Å². The van der Waals surface area contributed by atoms with E-state index >= 15 is 0 Å². The minimum Gasteiger partial charge on any atom is -0.436 e. The smallest absolute Gasteiger partial charge is 0.284 e. The van der Waals surface area contributed by atoms with Crippen molar-refractivity contribution in [1.82, 2.24) is 9.97 Å². The fraction of sp³-hybridized carbons (Fsp3) is 0. The molecular weight excluding hydrogens is 264 g/mol. The molecule has 0 atom stereocenters. The van der Waals surface area contributed by atoms with E-state index < -0.39 is 0 Å². The second-order valence-electron chi connectivity index (χ2n) is 4.72. The van der Waals surface area contributed by atoms with Gasteiger partial charge in [-0.3, -0.25) is 9.78 Å². The highest BCUT2D eigenvalue weighted by Crippen LogP contribution is 2.27. The number of benzene rings is 2. The van der Waals surface area contributed by atoms with Gasteiger partial charge < -0.3 is 4.42 Å². The molecule has 0 aliphatic rings. The summed E-state index contributed by atoms with van der Waals surface area (Å²) in [5.41, 5.74) is 0.943. The normalized spacial score (nSPS) is 11.0. The maximum absolute atomic E-state index is 12.1. The van der Waals surface area contributed by atoms with Crippen molar-refractivity contribution in [2.24, 2.45) is 0 Å². The van der Waals surface area contributed by atoms with Crippen LogP contribution in [-0.2, 0) is 0 Å². The van der Waals surface area contributed by atoms with Crippen LogP contribution in [0, 0.1) is 0 Å². The van der Waals surface area contributed by atoms with Crippen LogP contribution in [0.4, 0.5) is 0 Å². The maximum atomic E-state index is 12.1. The predicted molar refractivity (Wildman–Crippen MR) is 81.0 cm³/mol. The molecule has 2 aromatic heterocycles. The lowest BCUT2D eigenvalue weighted by Gasteiger charge is -2.05. The highest BCUT2D eigenvalue weighted by atomic mass is 16.3. The Balaban J connectivity index is 2.07.